The molecular weight excluding hydrogens is 863 g/mol. The molecule has 0 atom stereocenters. The van der Waals surface area contributed by atoms with Crippen molar-refractivity contribution < 1.29 is 0 Å². The molecule has 11 aromatic carbocycles. The molecule has 14 aromatic rings. The number of fused-ring (bicyclic) bond motifs is 9. The van der Waals surface area contributed by atoms with Crippen LogP contribution in [-0.2, 0) is 0 Å². The first-order valence-electron chi connectivity index (χ1n) is 24.2. The maximum absolute atomic E-state index is 3.01. The van der Waals surface area contributed by atoms with Crippen LogP contribution in [0.1, 0.15) is 0 Å². The van der Waals surface area contributed by atoms with E-state index in [1.807, 2.05) is 0 Å². The van der Waals surface area contributed by atoms with Gasteiger partial charge < -0.3 is 13.7 Å². The molecule has 0 unspecified atom stereocenters. The second kappa shape index (κ2) is 16.1. The van der Waals surface area contributed by atoms with Crippen LogP contribution in [0.25, 0.3) is 93.6 Å². The summed E-state index contributed by atoms with van der Waals surface area (Å²) in [4.78, 5) is 0. The lowest BCUT2D eigenvalue weighted by Crippen LogP contribution is -2.75. The molecule has 0 saturated carbocycles. The first-order chi connectivity index (χ1) is 34.8. The highest BCUT2D eigenvalue weighted by molar-refractivity contribution is 7.20. The van der Waals surface area contributed by atoms with Crippen molar-refractivity contribution in [3.05, 3.63) is 273 Å². The Bertz CT molecular complexity index is 4110. The van der Waals surface area contributed by atoms with Crippen LogP contribution in [0, 0.1) is 0 Å². The normalized spacial score (nSPS) is 12.0. The van der Waals surface area contributed by atoms with Crippen molar-refractivity contribution in [1.82, 2.24) is 13.7 Å². The Morgan fingerprint density at radius 3 is 1.27 bits per heavy atom. The zero-order valence-corrected chi connectivity index (χ0v) is 39.3. The number of benzene rings is 11. The van der Waals surface area contributed by atoms with Crippen molar-refractivity contribution >= 4 is 94.2 Å². The summed E-state index contributed by atoms with van der Waals surface area (Å²) in [5.41, 5.74) is 12.9. The Hall–Kier alpha value is -8.96. The largest absolute Gasteiger partial charge is 0.309 e. The molecule has 14 rings (SSSR count). The smallest absolute Gasteiger partial charge is 0.181 e. The molecule has 0 aliphatic heterocycles. The van der Waals surface area contributed by atoms with E-state index in [4.69, 9.17) is 0 Å². The van der Waals surface area contributed by atoms with Crippen LogP contribution in [0.2, 0.25) is 0 Å². The molecule has 4 heteroatoms. The van der Waals surface area contributed by atoms with Crippen LogP contribution >= 0.6 is 0 Å². The monoisotopic (exact) mass is 907 g/mol. The van der Waals surface area contributed by atoms with Crippen LogP contribution in [0.4, 0.5) is 0 Å². The van der Waals surface area contributed by atoms with Crippen molar-refractivity contribution in [2.24, 2.45) is 0 Å². The lowest BCUT2D eigenvalue weighted by atomic mass is 10.1. The van der Waals surface area contributed by atoms with Gasteiger partial charge in [-0.25, -0.2) is 0 Å². The Labute approximate surface area is 407 Å². The maximum atomic E-state index is 2.61. The minimum atomic E-state index is -3.01. The summed E-state index contributed by atoms with van der Waals surface area (Å²) in [6, 6.07) is 101. The molecular formula is C66H45N3Si. The summed E-state index contributed by atoms with van der Waals surface area (Å²) >= 11 is 0. The second-order valence-electron chi connectivity index (χ2n) is 18.4. The Morgan fingerprint density at radius 1 is 0.257 bits per heavy atom. The predicted octanol–water partition coefficient (Wildman–Crippen LogP) is 14.0. The number of aromatic nitrogens is 3. The number of hydrogen-bond donors (Lipinski definition) is 0. The molecule has 328 valence electrons. The molecule has 3 heterocycles. The molecule has 3 aromatic heterocycles. The van der Waals surface area contributed by atoms with Crippen LogP contribution in [0.5, 0.6) is 0 Å². The zero-order chi connectivity index (χ0) is 46.2. The zero-order valence-electron chi connectivity index (χ0n) is 38.3. The van der Waals surface area contributed by atoms with Crippen LogP contribution in [0.3, 0.4) is 0 Å². The second-order valence-corrected chi connectivity index (χ2v) is 22.2. The van der Waals surface area contributed by atoms with E-state index >= 15 is 0 Å². The average molecular weight is 908 g/mol. The van der Waals surface area contributed by atoms with Crippen LogP contribution < -0.4 is 20.7 Å². The van der Waals surface area contributed by atoms with Gasteiger partial charge in [0.1, 0.15) is 0 Å². The predicted molar refractivity (Wildman–Crippen MR) is 299 cm³/mol. The number of hydrogen-bond acceptors (Lipinski definition) is 0. The molecule has 70 heavy (non-hydrogen) atoms. The van der Waals surface area contributed by atoms with Crippen LogP contribution in [-0.4, -0.2) is 21.8 Å². The molecule has 0 saturated heterocycles. The molecule has 0 radical (unpaired) electrons. The van der Waals surface area contributed by atoms with E-state index < -0.39 is 8.07 Å². The molecule has 0 fully saturated rings. The summed E-state index contributed by atoms with van der Waals surface area (Å²) in [6.45, 7) is 0. The summed E-state index contributed by atoms with van der Waals surface area (Å²) < 4.78 is 7.54. The molecule has 0 aliphatic rings. The van der Waals surface area contributed by atoms with Gasteiger partial charge in [0.05, 0.1) is 38.8 Å². The summed E-state index contributed by atoms with van der Waals surface area (Å²) in [5.74, 6) is 0. The Balaban J connectivity index is 1.11. The van der Waals surface area contributed by atoms with Gasteiger partial charge in [-0.1, -0.05) is 218 Å². The van der Waals surface area contributed by atoms with E-state index in [1.54, 1.807) is 0 Å². The van der Waals surface area contributed by atoms with Gasteiger partial charge in [0, 0.05) is 43.7 Å². The summed E-state index contributed by atoms with van der Waals surface area (Å²) in [6.07, 6.45) is 0. The minimum absolute atomic E-state index is 1.11. The molecule has 0 aliphatic carbocycles. The first kappa shape index (κ1) is 40.1. The van der Waals surface area contributed by atoms with Crippen molar-refractivity contribution in [3.8, 4) is 28.2 Å². The summed E-state index contributed by atoms with van der Waals surface area (Å²) in [5, 5.41) is 12.8. The maximum Gasteiger partial charge on any atom is 0.181 e. The van der Waals surface area contributed by atoms with E-state index in [2.05, 4.69) is 287 Å². The van der Waals surface area contributed by atoms with Gasteiger partial charge in [-0.05, 0) is 86.5 Å². The first-order valence-corrected chi connectivity index (χ1v) is 26.2. The third kappa shape index (κ3) is 5.94. The highest BCUT2D eigenvalue weighted by Crippen LogP contribution is 2.42. The van der Waals surface area contributed by atoms with Gasteiger partial charge in [-0.3, -0.25) is 0 Å². The van der Waals surface area contributed by atoms with Crippen LogP contribution in [0.15, 0.2) is 273 Å². The van der Waals surface area contributed by atoms with E-state index in [0.29, 0.717) is 0 Å². The van der Waals surface area contributed by atoms with Crippen molar-refractivity contribution in [3.63, 3.8) is 0 Å². The molecule has 0 spiro atoms. The van der Waals surface area contributed by atoms with Crippen molar-refractivity contribution in [2.45, 2.75) is 0 Å². The highest BCUT2D eigenvalue weighted by Gasteiger charge is 2.43. The van der Waals surface area contributed by atoms with E-state index in [1.165, 1.54) is 86.3 Å². The van der Waals surface area contributed by atoms with E-state index in [9.17, 15) is 0 Å². The third-order valence-corrected chi connectivity index (χ3v) is 19.6. The van der Waals surface area contributed by atoms with Gasteiger partial charge in [0.2, 0.25) is 0 Å². The summed E-state index contributed by atoms with van der Waals surface area (Å²) in [7, 11) is -3.01. The van der Waals surface area contributed by atoms with Gasteiger partial charge in [-0.15, -0.1) is 0 Å². The fraction of sp³-hybridized carbons (Fsp3) is 0. The number of rotatable bonds is 8. The van der Waals surface area contributed by atoms with Gasteiger partial charge in [-0.2, -0.15) is 0 Å². The van der Waals surface area contributed by atoms with Crippen molar-refractivity contribution in [1.29, 1.82) is 0 Å². The lowest BCUT2D eigenvalue weighted by Gasteiger charge is -2.35. The Kier molecular flexibility index (Phi) is 9.23. The number of nitrogens with zero attached hydrogens (tertiary/aromatic N) is 3. The fourth-order valence-electron chi connectivity index (χ4n) is 11.9. The number of para-hydroxylation sites is 4. The van der Waals surface area contributed by atoms with E-state index in [0.717, 1.165) is 28.1 Å². The Morgan fingerprint density at radius 2 is 0.686 bits per heavy atom. The van der Waals surface area contributed by atoms with Gasteiger partial charge in [0.25, 0.3) is 0 Å². The minimum Gasteiger partial charge on any atom is -0.309 e. The SMILES string of the molecule is c1ccc(-c2ccc(-n3c4cc(-n5c6ccccc6c6ccccc65)ccc4c4c(-n5c6ccccc6c6cccc([Si](c7ccccc7)(c7ccccc7)c7ccccc7)c65)cccc43)cc2)cc1. The van der Waals surface area contributed by atoms with Gasteiger partial charge in [0.15, 0.2) is 8.07 Å². The highest BCUT2D eigenvalue weighted by atomic mass is 28.3. The average Bonchev–Trinajstić information content (AvgIpc) is 4.09. The quantitative estimate of drug-likeness (QED) is 0.107. The molecule has 0 N–H and O–H groups in total. The molecule has 0 amide bonds. The van der Waals surface area contributed by atoms with Crippen molar-refractivity contribution in [2.75, 3.05) is 0 Å². The fourth-order valence-corrected chi connectivity index (χ4v) is 16.8. The third-order valence-electron chi connectivity index (χ3n) is 14.8. The molecule has 3 nitrogen and oxygen atoms in total. The molecule has 0 bridgehead atoms. The topological polar surface area (TPSA) is 14.8 Å². The van der Waals surface area contributed by atoms with E-state index in [-0.39, 0.29) is 0 Å². The van der Waals surface area contributed by atoms with Gasteiger partial charge >= 0.3 is 0 Å². The lowest BCUT2D eigenvalue weighted by molar-refractivity contribution is 1.15. The standard InChI is InChI=1S/C66H45N3Si/c1-5-21-46(22-6-1)47-39-41-48(42-40-47)67-61-36-20-37-62(65(61)57-44-43-49(45-63(57)67)68-58-33-16-13-29-53(58)54-30-14-17-34-59(54)68)69-60-35-18-15-31-55(60)56-32-19-38-64(66(56)69)70(50-23-7-2-8-24-50,51-25-9-3-10-26-51)52-27-11-4-12-28-52/h1-45H.